The van der Waals surface area contributed by atoms with Crippen LogP contribution >= 0.6 is 0 Å². The fourth-order valence-corrected chi connectivity index (χ4v) is 7.07. The number of carbonyl (C=O) groups is 1. The van der Waals surface area contributed by atoms with E-state index in [4.69, 9.17) is 4.74 Å². The number of sulfone groups is 1. The lowest BCUT2D eigenvalue weighted by atomic mass is 9.79. The Kier molecular flexibility index (Phi) is 9.17. The Balaban J connectivity index is 2.22. The molecule has 0 aliphatic carbocycles. The van der Waals surface area contributed by atoms with Gasteiger partial charge < -0.3 is 9.64 Å². The first-order valence-corrected chi connectivity index (χ1v) is 14.5. The number of hydrogen-bond acceptors (Lipinski definition) is 5. The molecule has 0 saturated heterocycles. The molecule has 1 heterocycles. The Bertz CT molecular complexity index is 1130. The normalized spacial score (nSPS) is 16.6. The van der Waals surface area contributed by atoms with Crippen molar-refractivity contribution in [1.82, 2.24) is 0 Å². The summed E-state index contributed by atoms with van der Waals surface area (Å²) in [5.74, 6) is 0.483. The van der Waals surface area contributed by atoms with Crippen LogP contribution < -0.4 is 9.64 Å². The Morgan fingerprint density at radius 1 is 1.06 bits per heavy atom. The number of unbranched alkanes of at least 4 members (excludes halogenated alkanes) is 2. The molecule has 5 nitrogen and oxygen atoms in total. The number of aryl methyl sites for hydroxylation is 1. The van der Waals surface area contributed by atoms with E-state index in [1.54, 1.807) is 6.07 Å². The number of ether oxygens (including phenoxy) is 1. The van der Waals surface area contributed by atoms with Crippen molar-refractivity contribution < 1.29 is 17.9 Å². The molecule has 0 N–H and O–H groups in total. The molecule has 0 bridgehead atoms. The van der Waals surface area contributed by atoms with Crippen LogP contribution in [-0.2, 0) is 21.1 Å². The molecule has 2 aromatic rings. The van der Waals surface area contributed by atoms with Crippen LogP contribution in [-0.4, -0.2) is 26.5 Å². The second kappa shape index (κ2) is 11.9. The molecule has 0 unspecified atom stereocenters. The minimum atomic E-state index is -3.59. The molecule has 0 radical (unpaired) electrons. The highest BCUT2D eigenvalue weighted by Crippen LogP contribution is 2.46. The summed E-state index contributed by atoms with van der Waals surface area (Å²) in [4.78, 5) is 13.9. The van der Waals surface area contributed by atoms with Gasteiger partial charge in [0.15, 0.2) is 15.6 Å². The van der Waals surface area contributed by atoms with Crippen LogP contribution in [0.3, 0.4) is 0 Å². The second-order valence-electron chi connectivity index (χ2n) is 9.70. The van der Waals surface area contributed by atoms with Gasteiger partial charge in [-0.15, -0.1) is 0 Å². The summed E-state index contributed by atoms with van der Waals surface area (Å²) in [5, 5.41) is 0. The first-order chi connectivity index (χ1) is 16.7. The molecular formula is C29H39NO4S. The van der Waals surface area contributed by atoms with Crippen molar-refractivity contribution >= 4 is 27.0 Å². The first kappa shape index (κ1) is 27.0. The SMILES string of the molecule is CCCCC1(CCCC)CN(c2ccccc2)c2cc(CC)c(O/C=C/C(C)=O)cc2S(=O)(=O)C1. The van der Waals surface area contributed by atoms with Gasteiger partial charge in [0.1, 0.15) is 5.75 Å². The Hall–Kier alpha value is -2.60. The zero-order valence-electron chi connectivity index (χ0n) is 21.5. The number of nitrogens with zero attached hydrogens (tertiary/aromatic N) is 1. The van der Waals surface area contributed by atoms with Gasteiger partial charge in [-0.3, -0.25) is 4.79 Å². The molecule has 0 spiro atoms. The van der Waals surface area contributed by atoms with Crippen LogP contribution in [0.4, 0.5) is 11.4 Å². The van der Waals surface area contributed by atoms with Gasteiger partial charge in [-0.25, -0.2) is 8.42 Å². The van der Waals surface area contributed by atoms with Gasteiger partial charge in [-0.1, -0.05) is 64.7 Å². The molecule has 0 aromatic heterocycles. The summed E-state index contributed by atoms with van der Waals surface area (Å²) in [5.41, 5.74) is 2.28. The maximum atomic E-state index is 14.0. The third kappa shape index (κ3) is 6.54. The van der Waals surface area contributed by atoms with Crippen molar-refractivity contribution in [3.05, 3.63) is 60.4 Å². The molecule has 2 aromatic carbocycles. The van der Waals surface area contributed by atoms with Crippen molar-refractivity contribution in [3.63, 3.8) is 0 Å². The van der Waals surface area contributed by atoms with E-state index in [0.717, 1.165) is 49.8 Å². The molecule has 0 fully saturated rings. The lowest BCUT2D eigenvalue weighted by Gasteiger charge is -2.37. The average Bonchev–Trinajstić information content (AvgIpc) is 2.93. The number of allylic oxidation sites excluding steroid dienone is 1. The highest BCUT2D eigenvalue weighted by molar-refractivity contribution is 7.91. The number of rotatable bonds is 11. The predicted molar refractivity (Wildman–Crippen MR) is 143 cm³/mol. The minimum absolute atomic E-state index is 0.127. The molecule has 0 amide bonds. The van der Waals surface area contributed by atoms with Crippen LogP contribution in [0.2, 0.25) is 0 Å². The summed E-state index contributed by atoms with van der Waals surface area (Å²) < 4.78 is 33.8. The Morgan fingerprint density at radius 2 is 1.71 bits per heavy atom. The average molecular weight is 498 g/mol. The van der Waals surface area contributed by atoms with Crippen LogP contribution in [0, 0.1) is 5.41 Å². The molecule has 6 heteroatoms. The number of hydrogen-bond donors (Lipinski definition) is 0. The molecule has 35 heavy (non-hydrogen) atoms. The van der Waals surface area contributed by atoms with Gasteiger partial charge in [0.05, 0.1) is 22.6 Å². The third-order valence-corrected chi connectivity index (χ3v) is 8.82. The number of ketones is 1. The van der Waals surface area contributed by atoms with Gasteiger partial charge in [-0.2, -0.15) is 0 Å². The maximum Gasteiger partial charge on any atom is 0.181 e. The highest BCUT2D eigenvalue weighted by Gasteiger charge is 2.42. The lowest BCUT2D eigenvalue weighted by Crippen LogP contribution is -2.38. The maximum absolute atomic E-state index is 14.0. The van der Waals surface area contributed by atoms with Gasteiger partial charge in [0, 0.05) is 29.8 Å². The topological polar surface area (TPSA) is 63.7 Å². The number of benzene rings is 2. The molecule has 3 rings (SSSR count). The van der Waals surface area contributed by atoms with E-state index >= 15 is 0 Å². The summed E-state index contributed by atoms with van der Waals surface area (Å²) in [6.45, 7) is 8.46. The predicted octanol–water partition coefficient (Wildman–Crippen LogP) is 7.02. The van der Waals surface area contributed by atoms with E-state index in [0.29, 0.717) is 29.3 Å². The van der Waals surface area contributed by atoms with Crippen LogP contribution in [0.5, 0.6) is 5.75 Å². The summed E-state index contributed by atoms with van der Waals surface area (Å²) in [7, 11) is -3.59. The Morgan fingerprint density at radius 3 is 2.29 bits per heavy atom. The molecule has 190 valence electrons. The number of para-hydroxylation sites is 1. The quantitative estimate of drug-likeness (QED) is 0.246. The van der Waals surface area contributed by atoms with Gasteiger partial charge in [-0.05, 0) is 49.9 Å². The first-order valence-electron chi connectivity index (χ1n) is 12.8. The van der Waals surface area contributed by atoms with Crippen molar-refractivity contribution in [2.75, 3.05) is 17.2 Å². The zero-order chi connectivity index (χ0) is 25.5. The zero-order valence-corrected chi connectivity index (χ0v) is 22.4. The van der Waals surface area contributed by atoms with Gasteiger partial charge in [0.25, 0.3) is 0 Å². The van der Waals surface area contributed by atoms with Crippen LogP contribution in [0.25, 0.3) is 0 Å². The van der Waals surface area contributed by atoms with E-state index in [9.17, 15) is 13.2 Å². The summed E-state index contributed by atoms with van der Waals surface area (Å²) >= 11 is 0. The van der Waals surface area contributed by atoms with Crippen molar-refractivity contribution in [3.8, 4) is 5.75 Å². The largest absolute Gasteiger partial charge is 0.465 e. The smallest absolute Gasteiger partial charge is 0.181 e. The molecule has 1 aliphatic rings. The van der Waals surface area contributed by atoms with E-state index in [1.165, 1.54) is 19.3 Å². The second-order valence-corrected chi connectivity index (χ2v) is 11.7. The van der Waals surface area contributed by atoms with E-state index in [1.807, 2.05) is 31.2 Å². The summed E-state index contributed by atoms with van der Waals surface area (Å²) in [6, 6.07) is 13.7. The van der Waals surface area contributed by atoms with Gasteiger partial charge >= 0.3 is 0 Å². The van der Waals surface area contributed by atoms with E-state index < -0.39 is 9.84 Å². The third-order valence-electron chi connectivity index (χ3n) is 6.83. The number of fused-ring (bicyclic) bond motifs is 1. The van der Waals surface area contributed by atoms with Crippen LogP contribution in [0.1, 0.15) is 71.8 Å². The molecular weight excluding hydrogens is 458 g/mol. The van der Waals surface area contributed by atoms with E-state index in [-0.39, 0.29) is 17.0 Å². The minimum Gasteiger partial charge on any atom is -0.465 e. The van der Waals surface area contributed by atoms with E-state index in [2.05, 4.69) is 30.9 Å². The molecule has 0 atom stereocenters. The van der Waals surface area contributed by atoms with Crippen molar-refractivity contribution in [2.45, 2.75) is 77.5 Å². The van der Waals surface area contributed by atoms with Crippen molar-refractivity contribution in [2.24, 2.45) is 5.41 Å². The fourth-order valence-electron chi connectivity index (χ4n) is 4.96. The monoisotopic (exact) mass is 497 g/mol. The molecule has 0 saturated carbocycles. The number of carbonyl (C=O) groups excluding carboxylic acids is 1. The fraction of sp³-hybridized carbons (Fsp3) is 0.483. The standard InChI is InChI=1S/C29H39NO4S/c1-5-8-16-29(17-9-6-2)21-30(25-13-11-10-12-14-25)26-19-24(7-3)27(34-18-15-23(4)31)20-28(26)35(32,33)22-29/h10-15,18-20H,5-9,16-17,21-22H2,1-4H3/b18-15+. The highest BCUT2D eigenvalue weighted by atomic mass is 32.2. The lowest BCUT2D eigenvalue weighted by molar-refractivity contribution is -0.112. The molecule has 1 aliphatic heterocycles. The van der Waals surface area contributed by atoms with Gasteiger partial charge in [0.2, 0.25) is 0 Å². The van der Waals surface area contributed by atoms with Crippen molar-refractivity contribution in [1.29, 1.82) is 0 Å². The summed E-state index contributed by atoms with van der Waals surface area (Å²) in [6.07, 6.45) is 9.20. The Labute approximate surface area is 211 Å². The van der Waals surface area contributed by atoms with Crippen LogP contribution in [0.15, 0.2) is 59.7 Å². The number of anilines is 2.